The topological polar surface area (TPSA) is 80.4 Å². The van der Waals surface area contributed by atoms with Crippen molar-refractivity contribution in [1.82, 2.24) is 0 Å². The number of carbonyl (C=O) groups is 2. The molecule has 0 heterocycles. The van der Waals surface area contributed by atoms with E-state index in [4.69, 9.17) is 5.11 Å². The van der Waals surface area contributed by atoms with E-state index in [9.17, 15) is 9.59 Å². The number of hydrogen-bond donors (Lipinski definition) is 2. The van der Waals surface area contributed by atoms with E-state index in [0.717, 1.165) is 6.08 Å². The Morgan fingerprint density at radius 2 is 1.46 bits per heavy atom. The summed E-state index contributed by atoms with van der Waals surface area (Å²) in [5.41, 5.74) is 4.55. The molecule has 0 aromatic heterocycles. The van der Waals surface area contributed by atoms with Crippen molar-refractivity contribution in [2.24, 2.45) is 5.73 Å². The van der Waals surface area contributed by atoms with Gasteiger partial charge in [-0.1, -0.05) is 0 Å². The Bertz CT molecular complexity index is 147. The van der Waals surface area contributed by atoms with Gasteiger partial charge in [0, 0.05) is 52.5 Å². The Morgan fingerprint density at radius 3 is 1.54 bits per heavy atom. The molecule has 0 aromatic carbocycles. The number of carbonyl (C=O) groups excluding carboxylic acids is 1. The predicted molar refractivity (Wildman–Crippen MR) is 48.8 cm³/mol. The van der Waals surface area contributed by atoms with Gasteiger partial charge < -0.3 is 12.3 Å². The van der Waals surface area contributed by atoms with E-state index < -0.39 is 11.9 Å². The predicted octanol–water partition coefficient (Wildman–Crippen LogP) is -2.51. The number of primary amides is 1. The maximum Gasteiger partial charge on any atom is 1.00 e. The first-order valence-electron chi connectivity index (χ1n) is 1.83. The zero-order chi connectivity index (χ0) is 6.57. The Morgan fingerprint density at radius 1 is 1.15 bits per heavy atom. The van der Waals surface area contributed by atoms with E-state index in [0.29, 0.717) is 6.08 Å². The van der Waals surface area contributed by atoms with Crippen LogP contribution in [0.15, 0.2) is 12.2 Å². The number of nitrogens with two attached hydrogens (primary N) is 1. The number of hydrogen-bond acceptors (Lipinski definition) is 2. The molecule has 0 saturated carbocycles. The van der Waals surface area contributed by atoms with Crippen molar-refractivity contribution in [3.63, 3.8) is 0 Å². The Hall–Kier alpha value is 2.52. The molecule has 0 fully saturated rings. The minimum absolute atomic E-state index is 0. The van der Waals surface area contributed by atoms with Crippen LogP contribution in [0.5, 0.6) is 0 Å². The average molecular weight is 415 g/mol. The van der Waals surface area contributed by atoms with E-state index in [1.807, 2.05) is 0 Å². The summed E-state index contributed by atoms with van der Waals surface area (Å²) in [4.78, 5) is 19.4. The van der Waals surface area contributed by atoms with E-state index in [2.05, 4.69) is 5.73 Å². The van der Waals surface area contributed by atoms with Crippen molar-refractivity contribution in [1.29, 1.82) is 0 Å². The molecule has 0 atom stereocenters. The van der Waals surface area contributed by atoms with E-state index >= 15 is 0 Å². The summed E-state index contributed by atoms with van der Waals surface area (Å²) in [5.74, 6) is -1.93. The molecule has 4 nitrogen and oxygen atoms in total. The second-order valence-corrected chi connectivity index (χ2v) is 1.07. The second kappa shape index (κ2) is 24.0. The fourth-order valence-corrected chi connectivity index (χ4v) is 0.153. The molecule has 0 bridgehead atoms. The van der Waals surface area contributed by atoms with Crippen LogP contribution in [0, 0.1) is 40.4 Å². The van der Waals surface area contributed by atoms with E-state index in [1.54, 1.807) is 0 Å². The maximum absolute atomic E-state index is 9.78. The third-order valence-corrected chi connectivity index (χ3v) is 0.390. The molecule has 0 aliphatic rings. The van der Waals surface area contributed by atoms with Crippen LogP contribution in [-0.2, 0) is 9.59 Å². The average Bonchev–Trinajstić information content (AvgIpc) is 1.61. The van der Waals surface area contributed by atoms with Gasteiger partial charge in [-0.15, -0.1) is 37.2 Å². The van der Waals surface area contributed by atoms with Crippen molar-refractivity contribution in [3.05, 3.63) is 12.2 Å². The van der Waals surface area contributed by atoms with Gasteiger partial charge in [0.1, 0.15) is 0 Å². The first kappa shape index (κ1) is 36.1. The largest absolute Gasteiger partial charge is 1.00 e. The molecular weight excluding hydrogens is 406 g/mol. The summed E-state index contributed by atoms with van der Waals surface area (Å²) >= 11 is 0. The SMILES string of the molecule is Cl.Cl.Cl.NC(=O)/C=C\C(=O)O.[H-].[K+].[Sm]. The smallest absolute Gasteiger partial charge is 1.00 e. The first-order valence-corrected chi connectivity index (χ1v) is 1.83. The molecule has 76 valence electrons. The summed E-state index contributed by atoms with van der Waals surface area (Å²) in [6.07, 6.45) is 1.46. The first-order chi connectivity index (χ1) is 3.63. The van der Waals surface area contributed by atoms with Gasteiger partial charge in [-0.05, 0) is 0 Å². The van der Waals surface area contributed by atoms with Crippen LogP contribution < -0.4 is 57.1 Å². The monoisotopic (exact) mass is 415 g/mol. The number of amides is 1. The van der Waals surface area contributed by atoms with Crippen LogP contribution >= 0.6 is 37.2 Å². The van der Waals surface area contributed by atoms with Crippen molar-refractivity contribution < 1.29 is 108 Å². The molecule has 9 heteroatoms. The molecule has 0 aliphatic heterocycles. The van der Waals surface area contributed by atoms with Crippen LogP contribution in [0.4, 0.5) is 0 Å². The van der Waals surface area contributed by atoms with Crippen LogP contribution in [0.2, 0.25) is 0 Å². The molecule has 13 heavy (non-hydrogen) atoms. The van der Waals surface area contributed by atoms with Crippen molar-refractivity contribution in [2.45, 2.75) is 0 Å². The zero-order valence-corrected chi connectivity index (χ0v) is 14.8. The van der Waals surface area contributed by atoms with Gasteiger partial charge in [-0.25, -0.2) is 4.79 Å². The summed E-state index contributed by atoms with van der Waals surface area (Å²) in [5, 5.41) is 7.87. The van der Waals surface area contributed by atoms with Crippen molar-refractivity contribution >= 4 is 49.1 Å². The van der Waals surface area contributed by atoms with Crippen molar-refractivity contribution in [2.75, 3.05) is 0 Å². The quantitative estimate of drug-likeness (QED) is 0.387. The molecule has 0 unspecified atom stereocenters. The van der Waals surface area contributed by atoms with Gasteiger partial charge in [0.25, 0.3) is 0 Å². The normalized spacial score (nSPS) is 5.85. The molecule has 0 radical (unpaired) electrons. The number of aliphatic carboxylic acids is 1. The van der Waals surface area contributed by atoms with Gasteiger partial charge in [0.15, 0.2) is 0 Å². The minimum Gasteiger partial charge on any atom is -1.00 e. The zero-order valence-electron chi connectivity index (χ0n) is 7.63. The summed E-state index contributed by atoms with van der Waals surface area (Å²) < 4.78 is 0. The molecule has 0 spiro atoms. The Labute approximate surface area is 171 Å². The standard InChI is InChI=1S/C4H5NO3.3ClH.K.Sm.H/c5-3(6)1-2-4(7)8;;;;;;/h1-2H,(H2,5,6)(H,7,8);3*1H;;;/q;;;;+1;;-1/b2-1-;;;;;;. The third kappa shape index (κ3) is 40.2. The van der Waals surface area contributed by atoms with Gasteiger partial charge in [-0.2, -0.15) is 0 Å². The number of rotatable bonds is 2. The van der Waals surface area contributed by atoms with Crippen molar-refractivity contribution in [3.8, 4) is 0 Å². The number of halogens is 3. The van der Waals surface area contributed by atoms with Gasteiger partial charge in [0.2, 0.25) is 5.91 Å². The Kier molecular flexibility index (Phi) is 66.6. The molecule has 0 rings (SSSR count). The number of carboxylic acids is 1. The molecule has 3 N–H and O–H groups in total. The Balaban J connectivity index is -0.0000000163. The molecule has 1 amide bonds. The second-order valence-electron chi connectivity index (χ2n) is 1.07. The van der Waals surface area contributed by atoms with Gasteiger partial charge in [-0.3, -0.25) is 4.79 Å². The fourth-order valence-electron chi connectivity index (χ4n) is 0.153. The third-order valence-electron chi connectivity index (χ3n) is 0.390. The van der Waals surface area contributed by atoms with Crippen LogP contribution in [0.3, 0.4) is 0 Å². The molecular formula is C4H9Cl3KNO3Sm. The van der Waals surface area contributed by atoms with Crippen LogP contribution in [0.1, 0.15) is 1.43 Å². The molecule has 0 saturated heterocycles. The maximum atomic E-state index is 9.78. The van der Waals surface area contributed by atoms with Gasteiger partial charge in [0.05, 0.1) is 0 Å². The van der Waals surface area contributed by atoms with E-state index in [1.165, 1.54) is 0 Å². The fraction of sp³-hybridized carbons (Fsp3) is 0. The summed E-state index contributed by atoms with van der Waals surface area (Å²) in [6, 6.07) is 0. The van der Waals surface area contributed by atoms with Crippen LogP contribution in [0.25, 0.3) is 0 Å². The summed E-state index contributed by atoms with van der Waals surface area (Å²) in [7, 11) is 0. The molecule has 0 aromatic rings. The summed E-state index contributed by atoms with van der Waals surface area (Å²) in [6.45, 7) is 0. The van der Waals surface area contributed by atoms with E-state index in [-0.39, 0.29) is 130 Å². The van der Waals surface area contributed by atoms with Gasteiger partial charge >= 0.3 is 57.4 Å². The minimum atomic E-state index is -1.18. The number of carboxylic acid groups (broad SMARTS) is 1. The molecule has 0 aliphatic carbocycles. The van der Waals surface area contributed by atoms with Crippen LogP contribution in [-0.4, -0.2) is 17.0 Å².